The molecule has 1 fully saturated rings. The van der Waals surface area contributed by atoms with E-state index in [9.17, 15) is 5.11 Å². The van der Waals surface area contributed by atoms with Gasteiger partial charge in [0.2, 0.25) is 11.8 Å². The molecule has 0 radical (unpaired) electrons. The van der Waals surface area contributed by atoms with Crippen LogP contribution in [0, 0.1) is 0 Å². The van der Waals surface area contributed by atoms with Gasteiger partial charge in [-0.15, -0.1) is 0 Å². The summed E-state index contributed by atoms with van der Waals surface area (Å²) >= 11 is 9.87. The van der Waals surface area contributed by atoms with E-state index in [-0.39, 0.29) is 0 Å². The van der Waals surface area contributed by atoms with Gasteiger partial charge in [-0.05, 0) is 59.9 Å². The van der Waals surface area contributed by atoms with Crippen LogP contribution in [0.4, 0.5) is 0 Å². The maximum absolute atomic E-state index is 10.1. The third kappa shape index (κ3) is 4.66. The minimum atomic E-state index is -0.942. The maximum Gasteiger partial charge on any atom is 0.227 e. The Bertz CT molecular complexity index is 711. The molecule has 1 aliphatic rings. The molecule has 9 heteroatoms. The van der Waals surface area contributed by atoms with Crippen molar-refractivity contribution >= 4 is 47.8 Å². The number of rotatable bonds is 3. The molecule has 0 aliphatic carbocycles. The van der Waals surface area contributed by atoms with Crippen LogP contribution in [0.25, 0.3) is 0 Å². The van der Waals surface area contributed by atoms with Crippen molar-refractivity contribution < 1.29 is 19.3 Å². The van der Waals surface area contributed by atoms with Gasteiger partial charge in [-0.1, -0.05) is 0 Å². The van der Waals surface area contributed by atoms with E-state index in [1.54, 1.807) is 25.6 Å². The molecule has 2 aromatic rings. The molecule has 2 aromatic heterocycles. The molecule has 1 saturated heterocycles. The fourth-order valence-corrected chi connectivity index (χ4v) is 3.41. The molecule has 0 saturated carbocycles. The molecular formula is C15H15Br3N2O4. The lowest BCUT2D eigenvalue weighted by molar-refractivity contribution is -0.185. The number of aliphatic hydroxyl groups is 1. The van der Waals surface area contributed by atoms with E-state index in [1.165, 1.54) is 7.11 Å². The molecule has 0 amide bonds. The minimum absolute atomic E-state index is 0.293. The van der Waals surface area contributed by atoms with Crippen molar-refractivity contribution in [3.8, 4) is 11.8 Å². The largest absolute Gasteiger partial charge is 0.481 e. The molecule has 1 aliphatic heterocycles. The van der Waals surface area contributed by atoms with E-state index in [0.717, 1.165) is 13.4 Å². The molecular weight excluding hydrogens is 512 g/mol. The topological polar surface area (TPSA) is 73.7 Å². The van der Waals surface area contributed by atoms with Crippen LogP contribution in [-0.4, -0.2) is 42.5 Å². The van der Waals surface area contributed by atoms with Crippen LogP contribution in [-0.2, 0) is 10.3 Å². The number of methoxy groups -OCH3 is 2. The van der Waals surface area contributed by atoms with Crippen molar-refractivity contribution in [2.45, 2.75) is 5.60 Å². The predicted molar refractivity (Wildman–Crippen MR) is 99.4 cm³/mol. The molecule has 3 rings (SSSR count). The number of hydrogen-bond donors (Lipinski definition) is 1. The molecule has 0 bridgehead atoms. The first-order valence-corrected chi connectivity index (χ1v) is 9.12. The van der Waals surface area contributed by atoms with Crippen molar-refractivity contribution in [2.75, 3.05) is 27.4 Å². The first-order chi connectivity index (χ1) is 11.4. The van der Waals surface area contributed by atoms with E-state index in [2.05, 4.69) is 57.8 Å². The predicted octanol–water partition coefficient (Wildman–Crippen LogP) is 3.69. The average molecular weight is 527 g/mol. The number of ether oxygens (including phenoxy) is 3. The van der Waals surface area contributed by atoms with Gasteiger partial charge in [0.05, 0.1) is 37.5 Å². The molecule has 0 aromatic carbocycles. The van der Waals surface area contributed by atoms with Gasteiger partial charge in [0.15, 0.2) is 0 Å². The smallest absolute Gasteiger partial charge is 0.227 e. The Morgan fingerprint density at radius 3 is 2.00 bits per heavy atom. The maximum atomic E-state index is 10.1. The summed E-state index contributed by atoms with van der Waals surface area (Å²) < 4.78 is 17.6. The fourth-order valence-electron chi connectivity index (χ4n) is 1.93. The van der Waals surface area contributed by atoms with Gasteiger partial charge < -0.3 is 19.3 Å². The molecule has 130 valence electrons. The van der Waals surface area contributed by atoms with Gasteiger partial charge in [0.1, 0.15) is 5.60 Å². The summed E-state index contributed by atoms with van der Waals surface area (Å²) in [5.41, 5.74) is -0.275. The Labute approximate surface area is 164 Å². The Kier molecular flexibility index (Phi) is 6.99. The second kappa shape index (κ2) is 8.57. The highest BCUT2D eigenvalue weighted by atomic mass is 79.9. The van der Waals surface area contributed by atoms with Crippen molar-refractivity contribution in [1.82, 2.24) is 9.97 Å². The normalized spacial score (nSPS) is 14.9. The third-order valence-electron chi connectivity index (χ3n) is 3.16. The summed E-state index contributed by atoms with van der Waals surface area (Å²) in [4.78, 5) is 8.04. The first-order valence-electron chi connectivity index (χ1n) is 6.75. The van der Waals surface area contributed by atoms with Crippen molar-refractivity contribution in [2.24, 2.45) is 0 Å². The summed E-state index contributed by atoms with van der Waals surface area (Å²) in [7, 11) is 3.11. The molecule has 0 spiro atoms. The number of hydrogen-bond acceptors (Lipinski definition) is 6. The number of aromatic nitrogens is 2. The Balaban J connectivity index is 0.000000185. The van der Waals surface area contributed by atoms with Crippen molar-refractivity contribution in [3.63, 3.8) is 0 Å². The second-order valence-electron chi connectivity index (χ2n) is 4.88. The molecule has 0 unspecified atom stereocenters. The number of halogens is 3. The summed E-state index contributed by atoms with van der Waals surface area (Å²) in [6.45, 7) is 0.586. The van der Waals surface area contributed by atoms with Gasteiger partial charge in [-0.2, -0.15) is 0 Å². The Morgan fingerprint density at radius 1 is 1.00 bits per heavy atom. The summed E-state index contributed by atoms with van der Waals surface area (Å²) in [5.74, 6) is 1.04. The van der Waals surface area contributed by atoms with E-state index >= 15 is 0 Å². The standard InChI is InChI=1S/C9H10BrNO3.C6H5Br2NO/c1-13-8-7(2-6(10)3-11-8)9(12)4-14-5-9;1-10-6-5(8)2-4(7)3-9-6/h2-3,12H,4-5H2,1H3;2-3H,1H3. The lowest BCUT2D eigenvalue weighted by Gasteiger charge is -2.37. The van der Waals surface area contributed by atoms with Gasteiger partial charge >= 0.3 is 0 Å². The SMILES string of the molecule is COc1ncc(Br)cc1Br.COc1ncc(Br)cc1C1(O)COC1. The zero-order valence-electron chi connectivity index (χ0n) is 12.9. The van der Waals surface area contributed by atoms with Crippen LogP contribution in [0.1, 0.15) is 5.56 Å². The van der Waals surface area contributed by atoms with Crippen LogP contribution in [0.3, 0.4) is 0 Å². The zero-order chi connectivity index (χ0) is 17.7. The van der Waals surface area contributed by atoms with E-state index in [4.69, 9.17) is 14.2 Å². The van der Waals surface area contributed by atoms with Crippen LogP contribution in [0.5, 0.6) is 11.8 Å². The summed E-state index contributed by atoms with van der Waals surface area (Å²) in [5, 5.41) is 10.1. The van der Waals surface area contributed by atoms with Crippen molar-refractivity contribution in [3.05, 3.63) is 43.5 Å². The molecule has 6 nitrogen and oxygen atoms in total. The average Bonchev–Trinajstić information content (AvgIpc) is 2.53. The number of nitrogens with zero attached hydrogens (tertiary/aromatic N) is 2. The molecule has 1 N–H and O–H groups in total. The third-order valence-corrected chi connectivity index (χ3v) is 4.60. The summed E-state index contributed by atoms with van der Waals surface area (Å²) in [6, 6.07) is 3.68. The van der Waals surface area contributed by atoms with Crippen molar-refractivity contribution in [1.29, 1.82) is 0 Å². The highest BCUT2D eigenvalue weighted by molar-refractivity contribution is 9.11. The number of pyridine rings is 2. The van der Waals surface area contributed by atoms with E-state index < -0.39 is 5.60 Å². The van der Waals surface area contributed by atoms with Gasteiger partial charge in [-0.3, -0.25) is 0 Å². The molecule has 0 atom stereocenters. The lowest BCUT2D eigenvalue weighted by atomic mass is 9.93. The van der Waals surface area contributed by atoms with Crippen LogP contribution in [0.2, 0.25) is 0 Å². The van der Waals surface area contributed by atoms with E-state index in [1.807, 2.05) is 6.07 Å². The highest BCUT2D eigenvalue weighted by Crippen LogP contribution is 2.35. The molecule has 24 heavy (non-hydrogen) atoms. The quantitative estimate of drug-likeness (QED) is 0.658. The van der Waals surface area contributed by atoms with Gasteiger partial charge in [0.25, 0.3) is 0 Å². The van der Waals surface area contributed by atoms with Gasteiger partial charge in [0, 0.05) is 21.3 Å². The summed E-state index contributed by atoms with van der Waals surface area (Å²) in [6.07, 6.45) is 3.31. The van der Waals surface area contributed by atoms with Gasteiger partial charge in [-0.25, -0.2) is 9.97 Å². The van der Waals surface area contributed by atoms with E-state index in [0.29, 0.717) is 30.5 Å². The second-order valence-corrected chi connectivity index (χ2v) is 7.57. The van der Waals surface area contributed by atoms with Crippen LogP contribution < -0.4 is 9.47 Å². The monoisotopic (exact) mass is 524 g/mol. The minimum Gasteiger partial charge on any atom is -0.481 e. The Hall–Kier alpha value is -0.740. The molecule has 3 heterocycles. The van der Waals surface area contributed by atoms with Crippen LogP contribution in [0.15, 0.2) is 37.9 Å². The lowest BCUT2D eigenvalue weighted by Crippen LogP contribution is -2.46. The highest BCUT2D eigenvalue weighted by Gasteiger charge is 2.41. The first kappa shape index (κ1) is 19.6. The fraction of sp³-hybridized carbons (Fsp3) is 0.333. The zero-order valence-corrected chi connectivity index (χ0v) is 17.7. The van der Waals surface area contributed by atoms with Crippen LogP contribution >= 0.6 is 47.8 Å². The Morgan fingerprint density at radius 2 is 1.54 bits per heavy atom.